The van der Waals surface area contributed by atoms with Crippen molar-refractivity contribution in [3.63, 3.8) is 0 Å². The SMILES string of the molecule is CCOCCn1c(CCCl)nc2cc(F)c(OC)cc21. The molecule has 0 N–H and O–H groups in total. The monoisotopic (exact) mass is 300 g/mol. The first-order chi connectivity index (χ1) is 9.71. The molecule has 6 heteroatoms. The number of benzene rings is 1. The van der Waals surface area contributed by atoms with Gasteiger partial charge in [-0.25, -0.2) is 9.37 Å². The maximum Gasteiger partial charge on any atom is 0.167 e. The highest BCUT2D eigenvalue weighted by Crippen LogP contribution is 2.25. The van der Waals surface area contributed by atoms with E-state index in [2.05, 4.69) is 4.98 Å². The Labute approximate surface area is 122 Å². The van der Waals surface area contributed by atoms with Crippen molar-refractivity contribution in [1.29, 1.82) is 0 Å². The molecule has 1 aromatic heterocycles. The minimum Gasteiger partial charge on any atom is -0.494 e. The molecule has 110 valence electrons. The lowest BCUT2D eigenvalue weighted by Gasteiger charge is -2.09. The van der Waals surface area contributed by atoms with Crippen molar-refractivity contribution in [2.75, 3.05) is 26.2 Å². The van der Waals surface area contributed by atoms with E-state index in [-0.39, 0.29) is 5.75 Å². The summed E-state index contributed by atoms with van der Waals surface area (Å²) >= 11 is 5.80. The van der Waals surface area contributed by atoms with E-state index < -0.39 is 5.82 Å². The molecule has 0 aliphatic heterocycles. The Kier molecular flexibility index (Phi) is 5.20. The van der Waals surface area contributed by atoms with Crippen LogP contribution < -0.4 is 4.74 Å². The van der Waals surface area contributed by atoms with Crippen molar-refractivity contribution < 1.29 is 13.9 Å². The fourth-order valence-electron chi connectivity index (χ4n) is 2.16. The smallest absolute Gasteiger partial charge is 0.167 e. The minimum atomic E-state index is -0.410. The van der Waals surface area contributed by atoms with Gasteiger partial charge in [-0.15, -0.1) is 11.6 Å². The predicted molar refractivity (Wildman–Crippen MR) is 77.2 cm³/mol. The van der Waals surface area contributed by atoms with Crippen LogP contribution in [0.4, 0.5) is 4.39 Å². The largest absolute Gasteiger partial charge is 0.494 e. The summed E-state index contributed by atoms with van der Waals surface area (Å²) in [5.74, 6) is 1.11. The quantitative estimate of drug-likeness (QED) is 0.582. The number of nitrogens with zero attached hydrogens (tertiary/aromatic N) is 2. The lowest BCUT2D eigenvalue weighted by Crippen LogP contribution is -2.10. The van der Waals surface area contributed by atoms with Gasteiger partial charge in [0.25, 0.3) is 0 Å². The zero-order chi connectivity index (χ0) is 14.5. The van der Waals surface area contributed by atoms with E-state index >= 15 is 0 Å². The topological polar surface area (TPSA) is 36.3 Å². The van der Waals surface area contributed by atoms with Gasteiger partial charge in [0.2, 0.25) is 0 Å². The van der Waals surface area contributed by atoms with Gasteiger partial charge in [0, 0.05) is 37.6 Å². The molecule has 0 atom stereocenters. The van der Waals surface area contributed by atoms with Gasteiger partial charge in [-0.3, -0.25) is 0 Å². The number of aryl methyl sites for hydroxylation is 1. The number of hydrogen-bond donors (Lipinski definition) is 0. The molecular formula is C14H18ClFN2O2. The molecule has 0 spiro atoms. The molecule has 0 fully saturated rings. The second-order valence-corrected chi connectivity index (χ2v) is 4.67. The summed E-state index contributed by atoms with van der Waals surface area (Å²) in [5.41, 5.74) is 1.45. The first-order valence-electron chi connectivity index (χ1n) is 6.57. The van der Waals surface area contributed by atoms with Crippen LogP contribution >= 0.6 is 11.6 Å². The second kappa shape index (κ2) is 6.90. The van der Waals surface area contributed by atoms with Crippen LogP contribution in [0.25, 0.3) is 11.0 Å². The maximum atomic E-state index is 13.7. The van der Waals surface area contributed by atoms with E-state index in [0.29, 0.717) is 37.6 Å². The summed E-state index contributed by atoms with van der Waals surface area (Å²) < 4.78 is 26.1. The standard InChI is InChI=1S/C14H18ClFN2O2/c1-3-20-7-6-18-12-9-13(19-2)10(16)8-11(12)17-14(18)4-5-15/h8-9H,3-7H2,1-2H3. The molecule has 20 heavy (non-hydrogen) atoms. The van der Waals surface area contributed by atoms with Gasteiger partial charge in [0.15, 0.2) is 11.6 Å². The fourth-order valence-corrected chi connectivity index (χ4v) is 2.33. The van der Waals surface area contributed by atoms with E-state index in [1.807, 2.05) is 11.5 Å². The zero-order valence-electron chi connectivity index (χ0n) is 11.7. The molecule has 0 bridgehead atoms. The molecule has 2 rings (SSSR count). The Bertz CT molecular complexity index is 586. The van der Waals surface area contributed by atoms with Gasteiger partial charge in [0.05, 0.1) is 24.8 Å². The number of imidazole rings is 1. The van der Waals surface area contributed by atoms with Gasteiger partial charge in [-0.2, -0.15) is 0 Å². The maximum absolute atomic E-state index is 13.7. The van der Waals surface area contributed by atoms with Crippen molar-refractivity contribution in [3.05, 3.63) is 23.8 Å². The van der Waals surface area contributed by atoms with Gasteiger partial charge in [-0.1, -0.05) is 0 Å². The number of aromatic nitrogens is 2. The number of hydrogen-bond acceptors (Lipinski definition) is 3. The number of ether oxygens (including phenoxy) is 2. The molecule has 0 aliphatic carbocycles. The predicted octanol–water partition coefficient (Wildman–Crippen LogP) is 3.00. The zero-order valence-corrected chi connectivity index (χ0v) is 12.4. The van der Waals surface area contributed by atoms with Crippen molar-refractivity contribution in [1.82, 2.24) is 9.55 Å². The highest BCUT2D eigenvalue weighted by atomic mass is 35.5. The molecular weight excluding hydrogens is 283 g/mol. The number of alkyl halides is 1. The molecule has 0 unspecified atom stereocenters. The van der Waals surface area contributed by atoms with Gasteiger partial charge < -0.3 is 14.0 Å². The minimum absolute atomic E-state index is 0.215. The fraction of sp³-hybridized carbons (Fsp3) is 0.500. The van der Waals surface area contributed by atoms with Crippen LogP contribution in [0, 0.1) is 5.82 Å². The molecule has 0 radical (unpaired) electrons. The average molecular weight is 301 g/mol. The van der Waals surface area contributed by atoms with Crippen LogP contribution in [0.15, 0.2) is 12.1 Å². The molecule has 0 saturated heterocycles. The Hall–Kier alpha value is -1.33. The van der Waals surface area contributed by atoms with Gasteiger partial charge in [-0.05, 0) is 6.92 Å². The second-order valence-electron chi connectivity index (χ2n) is 4.29. The Balaban J connectivity index is 2.45. The van der Waals surface area contributed by atoms with E-state index in [1.54, 1.807) is 6.07 Å². The number of halogens is 2. The highest BCUT2D eigenvalue weighted by molar-refractivity contribution is 6.17. The van der Waals surface area contributed by atoms with Crippen LogP contribution in [0.3, 0.4) is 0 Å². The lowest BCUT2D eigenvalue weighted by molar-refractivity contribution is 0.139. The van der Waals surface area contributed by atoms with Crippen molar-refractivity contribution in [2.45, 2.75) is 19.9 Å². The van der Waals surface area contributed by atoms with Crippen LogP contribution in [0.5, 0.6) is 5.75 Å². The van der Waals surface area contributed by atoms with E-state index in [0.717, 1.165) is 11.3 Å². The lowest BCUT2D eigenvalue weighted by atomic mass is 10.3. The Morgan fingerprint density at radius 2 is 2.20 bits per heavy atom. The first kappa shape index (κ1) is 15.1. The van der Waals surface area contributed by atoms with E-state index in [1.165, 1.54) is 13.2 Å². The Morgan fingerprint density at radius 1 is 1.40 bits per heavy atom. The summed E-state index contributed by atoms with van der Waals surface area (Å²) in [5, 5.41) is 0. The summed E-state index contributed by atoms with van der Waals surface area (Å²) in [6.45, 7) is 3.85. The molecule has 4 nitrogen and oxygen atoms in total. The van der Waals surface area contributed by atoms with Gasteiger partial charge >= 0.3 is 0 Å². The molecule has 0 saturated carbocycles. The highest BCUT2D eigenvalue weighted by Gasteiger charge is 2.14. The van der Waals surface area contributed by atoms with Crippen LogP contribution in [0.1, 0.15) is 12.7 Å². The van der Waals surface area contributed by atoms with Crippen molar-refractivity contribution >= 4 is 22.6 Å². The number of rotatable bonds is 7. The molecule has 0 aliphatic rings. The molecule has 1 heterocycles. The summed E-state index contributed by atoms with van der Waals surface area (Å²) in [6.07, 6.45) is 0.631. The van der Waals surface area contributed by atoms with Crippen molar-refractivity contribution in [2.24, 2.45) is 0 Å². The van der Waals surface area contributed by atoms with Gasteiger partial charge in [0.1, 0.15) is 5.82 Å². The third kappa shape index (κ3) is 3.04. The van der Waals surface area contributed by atoms with E-state index in [4.69, 9.17) is 21.1 Å². The summed E-state index contributed by atoms with van der Waals surface area (Å²) in [4.78, 5) is 4.44. The van der Waals surface area contributed by atoms with E-state index in [9.17, 15) is 4.39 Å². The summed E-state index contributed by atoms with van der Waals surface area (Å²) in [7, 11) is 1.45. The molecule has 0 amide bonds. The van der Waals surface area contributed by atoms with Crippen molar-refractivity contribution in [3.8, 4) is 5.75 Å². The van der Waals surface area contributed by atoms with Crippen LogP contribution in [0.2, 0.25) is 0 Å². The average Bonchev–Trinajstić information content (AvgIpc) is 2.75. The van der Waals surface area contributed by atoms with Crippen LogP contribution in [-0.2, 0) is 17.7 Å². The Morgan fingerprint density at radius 3 is 2.85 bits per heavy atom. The summed E-state index contributed by atoms with van der Waals surface area (Å²) in [6, 6.07) is 3.06. The normalized spacial score (nSPS) is 11.2. The third-order valence-corrected chi connectivity index (χ3v) is 3.27. The molecule has 2 aromatic rings. The molecule has 1 aromatic carbocycles. The number of methoxy groups -OCH3 is 1. The van der Waals surface area contributed by atoms with Crippen LogP contribution in [-0.4, -0.2) is 35.8 Å². The number of fused-ring (bicyclic) bond motifs is 1. The third-order valence-electron chi connectivity index (χ3n) is 3.08. The first-order valence-corrected chi connectivity index (χ1v) is 7.11.